The van der Waals surface area contributed by atoms with Crippen molar-refractivity contribution in [2.75, 3.05) is 39.3 Å². The van der Waals surface area contributed by atoms with Crippen molar-refractivity contribution < 1.29 is 26.4 Å². The van der Waals surface area contributed by atoms with Gasteiger partial charge in [-0.1, -0.05) is 26.0 Å². The predicted octanol–water partition coefficient (Wildman–Crippen LogP) is 2.18. The van der Waals surface area contributed by atoms with E-state index in [9.17, 15) is 26.4 Å². The molecule has 0 radical (unpaired) electrons. The number of carbonyl (C=O) groups excluding carboxylic acids is 1. The van der Waals surface area contributed by atoms with E-state index in [1.165, 1.54) is 4.31 Å². The van der Waals surface area contributed by atoms with E-state index in [1.807, 2.05) is 17.4 Å². The summed E-state index contributed by atoms with van der Waals surface area (Å²) in [5.74, 6) is -0.377. The number of nitrogens with one attached hydrogen (secondary N) is 1. The fraction of sp³-hybridized carbons (Fsp3) is 0.611. The molecule has 1 aliphatic heterocycles. The van der Waals surface area contributed by atoms with Crippen LogP contribution in [0.2, 0.25) is 0 Å². The van der Waals surface area contributed by atoms with Crippen molar-refractivity contribution in [1.29, 1.82) is 0 Å². The molecule has 1 aromatic rings. The highest BCUT2D eigenvalue weighted by Gasteiger charge is 2.30. The molecule has 1 unspecified atom stereocenters. The van der Waals surface area contributed by atoms with Crippen molar-refractivity contribution in [2.45, 2.75) is 37.3 Å². The molecule has 0 bridgehead atoms. The SMILES string of the molecule is CCC(C)c1ccc(S(=O)(=O)N2CCN(CC(=O)NCC(F)(F)F)CC2)cc1. The van der Waals surface area contributed by atoms with Crippen LogP contribution in [0.15, 0.2) is 29.2 Å². The Bertz CT molecular complexity index is 759. The van der Waals surface area contributed by atoms with Crippen molar-refractivity contribution in [3.63, 3.8) is 0 Å². The van der Waals surface area contributed by atoms with Crippen molar-refractivity contribution in [1.82, 2.24) is 14.5 Å². The number of carbonyl (C=O) groups is 1. The zero-order chi connectivity index (χ0) is 20.9. The number of benzene rings is 1. The molecule has 158 valence electrons. The lowest BCUT2D eigenvalue weighted by atomic mass is 9.99. The maximum atomic E-state index is 12.8. The lowest BCUT2D eigenvalue weighted by Crippen LogP contribution is -2.51. The standard InChI is InChI=1S/C18H26F3N3O3S/c1-3-14(2)15-4-6-16(7-5-15)28(26,27)24-10-8-23(9-11-24)12-17(25)22-13-18(19,20)21/h4-7,14H,3,8-13H2,1-2H3,(H,22,25). The minimum absolute atomic E-state index is 0.183. The van der Waals surface area contributed by atoms with Crippen LogP contribution in [0.3, 0.4) is 0 Å². The molecule has 1 fully saturated rings. The first-order valence-corrected chi connectivity index (χ1v) is 10.6. The van der Waals surface area contributed by atoms with Crippen molar-refractivity contribution >= 4 is 15.9 Å². The highest BCUT2D eigenvalue weighted by atomic mass is 32.2. The Morgan fingerprint density at radius 2 is 1.71 bits per heavy atom. The van der Waals surface area contributed by atoms with Crippen LogP contribution in [-0.2, 0) is 14.8 Å². The predicted molar refractivity (Wildman–Crippen MR) is 99.4 cm³/mol. The summed E-state index contributed by atoms with van der Waals surface area (Å²) < 4.78 is 63.3. The molecule has 1 saturated heterocycles. The quantitative estimate of drug-likeness (QED) is 0.733. The number of hydrogen-bond donors (Lipinski definition) is 1. The minimum Gasteiger partial charge on any atom is -0.346 e. The number of rotatable bonds is 7. The fourth-order valence-electron chi connectivity index (χ4n) is 2.94. The lowest BCUT2D eigenvalue weighted by Gasteiger charge is -2.33. The van der Waals surface area contributed by atoms with Gasteiger partial charge in [0.15, 0.2) is 0 Å². The van der Waals surface area contributed by atoms with Crippen molar-refractivity contribution in [3.05, 3.63) is 29.8 Å². The first-order chi connectivity index (χ1) is 13.0. The third-order valence-electron chi connectivity index (χ3n) is 4.88. The van der Waals surface area contributed by atoms with Crippen LogP contribution in [0, 0.1) is 0 Å². The Labute approximate surface area is 163 Å². The Morgan fingerprint density at radius 1 is 1.14 bits per heavy atom. The topological polar surface area (TPSA) is 69.7 Å². The number of piperazine rings is 1. The molecule has 1 N–H and O–H groups in total. The van der Waals surface area contributed by atoms with Crippen LogP contribution in [0.1, 0.15) is 31.7 Å². The van der Waals surface area contributed by atoms with E-state index < -0.39 is 28.7 Å². The van der Waals surface area contributed by atoms with Gasteiger partial charge in [-0.25, -0.2) is 8.42 Å². The Hall–Kier alpha value is -1.65. The molecule has 2 rings (SSSR count). The number of nitrogens with zero attached hydrogens (tertiary/aromatic N) is 2. The zero-order valence-electron chi connectivity index (χ0n) is 16.0. The monoisotopic (exact) mass is 421 g/mol. The largest absolute Gasteiger partial charge is 0.405 e. The molecule has 0 aromatic heterocycles. The van der Waals surface area contributed by atoms with E-state index in [0.29, 0.717) is 5.92 Å². The summed E-state index contributed by atoms with van der Waals surface area (Å²) in [5, 5.41) is 1.82. The summed E-state index contributed by atoms with van der Waals surface area (Å²) in [6.07, 6.45) is -3.49. The molecule has 0 saturated carbocycles. The summed E-state index contributed by atoms with van der Waals surface area (Å²) in [4.78, 5) is 13.4. The van der Waals surface area contributed by atoms with Crippen LogP contribution in [0.25, 0.3) is 0 Å². The smallest absolute Gasteiger partial charge is 0.346 e. The Morgan fingerprint density at radius 3 is 2.21 bits per heavy atom. The number of halogens is 3. The van der Waals surface area contributed by atoms with Crippen LogP contribution >= 0.6 is 0 Å². The van der Waals surface area contributed by atoms with Gasteiger partial charge < -0.3 is 5.32 Å². The molecule has 1 aliphatic rings. The molecule has 10 heteroatoms. The van der Waals surface area contributed by atoms with Gasteiger partial charge in [-0.15, -0.1) is 0 Å². The van der Waals surface area contributed by atoms with Gasteiger partial charge >= 0.3 is 6.18 Å². The van der Waals surface area contributed by atoms with E-state index in [2.05, 4.69) is 13.8 Å². The zero-order valence-corrected chi connectivity index (χ0v) is 16.8. The summed E-state index contributed by atoms with van der Waals surface area (Å²) in [6.45, 7) is 3.52. The second kappa shape index (κ2) is 9.23. The molecule has 1 amide bonds. The van der Waals surface area contributed by atoms with E-state index in [-0.39, 0.29) is 37.6 Å². The summed E-state index contributed by atoms with van der Waals surface area (Å²) in [7, 11) is -3.64. The maximum absolute atomic E-state index is 12.8. The molecular formula is C18H26F3N3O3S. The molecular weight excluding hydrogens is 395 g/mol. The minimum atomic E-state index is -4.45. The van der Waals surface area contributed by atoms with E-state index in [4.69, 9.17) is 0 Å². The first kappa shape index (κ1) is 22.6. The molecule has 6 nitrogen and oxygen atoms in total. The number of hydrogen-bond acceptors (Lipinski definition) is 4. The third-order valence-corrected chi connectivity index (χ3v) is 6.80. The van der Waals surface area contributed by atoms with Gasteiger partial charge in [0, 0.05) is 26.2 Å². The molecule has 1 atom stereocenters. The highest BCUT2D eigenvalue weighted by Crippen LogP contribution is 2.23. The fourth-order valence-corrected chi connectivity index (χ4v) is 4.36. The second-order valence-electron chi connectivity index (χ2n) is 6.95. The summed E-state index contributed by atoms with van der Waals surface area (Å²) in [6, 6.07) is 6.85. The molecule has 1 aromatic carbocycles. The Kier molecular flexibility index (Phi) is 7.46. The number of sulfonamides is 1. The van der Waals surface area contributed by atoms with Gasteiger partial charge in [0.25, 0.3) is 0 Å². The van der Waals surface area contributed by atoms with Crippen LogP contribution < -0.4 is 5.32 Å². The number of alkyl halides is 3. The van der Waals surface area contributed by atoms with Gasteiger partial charge in [-0.3, -0.25) is 9.69 Å². The highest BCUT2D eigenvalue weighted by molar-refractivity contribution is 7.89. The van der Waals surface area contributed by atoms with Crippen molar-refractivity contribution in [3.8, 4) is 0 Å². The van der Waals surface area contributed by atoms with Gasteiger partial charge in [-0.2, -0.15) is 17.5 Å². The average molecular weight is 421 g/mol. The lowest BCUT2D eigenvalue weighted by molar-refractivity contribution is -0.139. The molecule has 1 heterocycles. The van der Waals surface area contributed by atoms with Gasteiger partial charge in [0.1, 0.15) is 6.54 Å². The normalized spacial score (nSPS) is 18.0. The molecule has 0 aliphatic carbocycles. The third kappa shape index (κ3) is 6.18. The maximum Gasteiger partial charge on any atom is 0.405 e. The Balaban J connectivity index is 1.90. The average Bonchev–Trinajstić information content (AvgIpc) is 2.66. The van der Waals surface area contributed by atoms with Crippen molar-refractivity contribution in [2.24, 2.45) is 0 Å². The van der Waals surface area contributed by atoms with E-state index in [1.54, 1.807) is 17.0 Å². The van der Waals surface area contributed by atoms with Crippen LogP contribution in [-0.4, -0.2) is 69.0 Å². The van der Waals surface area contributed by atoms with Crippen LogP contribution in [0.5, 0.6) is 0 Å². The summed E-state index contributed by atoms with van der Waals surface area (Å²) >= 11 is 0. The van der Waals surface area contributed by atoms with Gasteiger partial charge in [0.05, 0.1) is 11.4 Å². The van der Waals surface area contributed by atoms with E-state index >= 15 is 0 Å². The molecule has 0 spiro atoms. The first-order valence-electron chi connectivity index (χ1n) is 9.19. The van der Waals surface area contributed by atoms with Gasteiger partial charge in [0.2, 0.25) is 15.9 Å². The molecule has 28 heavy (non-hydrogen) atoms. The number of amides is 1. The van der Waals surface area contributed by atoms with E-state index in [0.717, 1.165) is 12.0 Å². The second-order valence-corrected chi connectivity index (χ2v) is 8.89. The summed E-state index contributed by atoms with van der Waals surface area (Å²) in [5.41, 5.74) is 1.08. The van der Waals surface area contributed by atoms with Crippen LogP contribution in [0.4, 0.5) is 13.2 Å². The van der Waals surface area contributed by atoms with Gasteiger partial charge in [-0.05, 0) is 30.0 Å².